The molecule has 0 radical (unpaired) electrons. The Labute approximate surface area is 146 Å². The van der Waals surface area contributed by atoms with Crippen LogP contribution in [0.15, 0.2) is 18.2 Å². The van der Waals surface area contributed by atoms with Crippen molar-refractivity contribution < 1.29 is 12.8 Å². The normalized spacial score (nSPS) is 17.9. The van der Waals surface area contributed by atoms with Crippen molar-refractivity contribution in [1.29, 1.82) is 0 Å². The molecule has 0 saturated carbocycles. The molecule has 0 saturated heterocycles. The van der Waals surface area contributed by atoms with Crippen LogP contribution in [0.2, 0.25) is 0 Å². The third kappa shape index (κ3) is 5.30. The van der Waals surface area contributed by atoms with Crippen LogP contribution in [0.1, 0.15) is 69.6 Å². The number of halogens is 1. The summed E-state index contributed by atoms with van der Waals surface area (Å²) >= 11 is 0. The first-order valence-electron chi connectivity index (χ1n) is 9.16. The van der Waals surface area contributed by atoms with Gasteiger partial charge in [-0.2, -0.15) is 0 Å². The molecule has 0 fully saturated rings. The van der Waals surface area contributed by atoms with Crippen LogP contribution in [0.5, 0.6) is 0 Å². The highest BCUT2D eigenvalue weighted by Gasteiger charge is 2.27. The van der Waals surface area contributed by atoms with Crippen LogP contribution < -0.4 is 0 Å². The van der Waals surface area contributed by atoms with Crippen molar-refractivity contribution in [3.8, 4) is 0 Å². The van der Waals surface area contributed by atoms with Gasteiger partial charge in [0.25, 0.3) is 0 Å². The van der Waals surface area contributed by atoms with Gasteiger partial charge in [0.05, 0.1) is 10.5 Å². The largest absolute Gasteiger partial charge is 0.247 e. The number of rotatable bonds is 8. The lowest BCUT2D eigenvalue weighted by Gasteiger charge is -2.18. The van der Waals surface area contributed by atoms with E-state index in [4.69, 9.17) is 0 Å². The molecule has 1 unspecified atom stereocenters. The Morgan fingerprint density at radius 2 is 1.62 bits per heavy atom. The van der Waals surface area contributed by atoms with E-state index in [-0.39, 0.29) is 0 Å². The van der Waals surface area contributed by atoms with E-state index in [0.717, 1.165) is 38.5 Å². The third-order valence-electron chi connectivity index (χ3n) is 4.97. The molecule has 4 heteroatoms. The fourth-order valence-electron chi connectivity index (χ4n) is 3.23. The quantitative estimate of drug-likeness (QED) is 0.627. The number of fused-ring (bicyclic) bond motifs is 1. The number of hydrogen-bond acceptors (Lipinski definition) is 2. The van der Waals surface area contributed by atoms with Crippen molar-refractivity contribution in [2.75, 3.05) is 5.75 Å². The zero-order valence-corrected chi connectivity index (χ0v) is 16.1. The fourth-order valence-corrected chi connectivity index (χ4v) is 4.43. The fraction of sp³-hybridized carbons (Fsp3) is 0.700. The SMILES string of the molecule is CC(C)(C)S(=O)(=O)CCCCCCCc1ccc2c(c1)CC(F)C2. The summed E-state index contributed by atoms with van der Waals surface area (Å²) in [7, 11) is -2.97. The summed E-state index contributed by atoms with van der Waals surface area (Å²) in [6.07, 6.45) is 6.54. The smallest absolute Gasteiger partial charge is 0.155 e. The van der Waals surface area contributed by atoms with Gasteiger partial charge >= 0.3 is 0 Å². The van der Waals surface area contributed by atoms with E-state index >= 15 is 0 Å². The average molecular weight is 355 g/mol. The summed E-state index contributed by atoms with van der Waals surface area (Å²) in [5.41, 5.74) is 3.66. The molecular formula is C20H31FO2S. The number of benzene rings is 1. The Hall–Kier alpha value is -0.900. The summed E-state index contributed by atoms with van der Waals surface area (Å²) in [6, 6.07) is 6.39. The van der Waals surface area contributed by atoms with Crippen LogP contribution in [0.4, 0.5) is 4.39 Å². The Bertz CT molecular complexity index is 644. The predicted molar refractivity (Wildman–Crippen MR) is 99.1 cm³/mol. The summed E-state index contributed by atoms with van der Waals surface area (Å²) < 4.78 is 36.8. The van der Waals surface area contributed by atoms with Gasteiger partial charge in [-0.05, 0) is 56.7 Å². The van der Waals surface area contributed by atoms with Crippen LogP contribution >= 0.6 is 0 Å². The molecule has 0 amide bonds. The van der Waals surface area contributed by atoms with Gasteiger partial charge in [0.2, 0.25) is 0 Å². The van der Waals surface area contributed by atoms with Crippen molar-refractivity contribution in [2.45, 2.75) is 83.1 Å². The highest BCUT2D eigenvalue weighted by atomic mass is 32.2. The van der Waals surface area contributed by atoms with Gasteiger partial charge in [-0.1, -0.05) is 37.5 Å². The number of sulfone groups is 1. The zero-order chi connectivity index (χ0) is 17.8. The molecule has 1 aromatic rings. The van der Waals surface area contributed by atoms with Gasteiger partial charge in [0.1, 0.15) is 6.17 Å². The average Bonchev–Trinajstić information content (AvgIpc) is 2.84. The number of unbranched alkanes of at least 4 members (excludes halogenated alkanes) is 4. The van der Waals surface area contributed by atoms with E-state index in [0.29, 0.717) is 18.6 Å². The van der Waals surface area contributed by atoms with Crippen molar-refractivity contribution in [3.63, 3.8) is 0 Å². The monoisotopic (exact) mass is 354 g/mol. The molecule has 1 aliphatic carbocycles. The molecule has 0 bridgehead atoms. The van der Waals surface area contributed by atoms with E-state index in [2.05, 4.69) is 18.2 Å². The molecular weight excluding hydrogens is 323 g/mol. The lowest BCUT2D eigenvalue weighted by molar-refractivity contribution is 0.349. The molecule has 2 nitrogen and oxygen atoms in total. The minimum atomic E-state index is -2.97. The van der Waals surface area contributed by atoms with E-state index in [9.17, 15) is 12.8 Å². The Kier molecular flexibility index (Phi) is 6.46. The summed E-state index contributed by atoms with van der Waals surface area (Å²) in [6.45, 7) is 5.30. The van der Waals surface area contributed by atoms with E-state index < -0.39 is 20.8 Å². The van der Waals surface area contributed by atoms with Crippen LogP contribution in [0.3, 0.4) is 0 Å². The maximum Gasteiger partial charge on any atom is 0.155 e. The molecule has 0 aromatic heterocycles. The van der Waals surface area contributed by atoms with Gasteiger partial charge in [-0.25, -0.2) is 12.8 Å². The van der Waals surface area contributed by atoms with Crippen LogP contribution in [0, 0.1) is 0 Å². The highest BCUT2D eigenvalue weighted by molar-refractivity contribution is 7.92. The molecule has 24 heavy (non-hydrogen) atoms. The predicted octanol–water partition coefficient (Wildman–Crippen LogP) is 4.83. The maximum absolute atomic E-state index is 13.4. The molecule has 2 rings (SSSR count). The molecule has 136 valence electrons. The van der Waals surface area contributed by atoms with Crippen LogP contribution in [-0.2, 0) is 29.1 Å². The second kappa shape index (κ2) is 7.99. The molecule has 1 aromatic carbocycles. The number of hydrogen-bond donors (Lipinski definition) is 0. The number of aryl methyl sites for hydroxylation is 1. The summed E-state index contributed by atoms with van der Waals surface area (Å²) in [5.74, 6) is 0.297. The lowest BCUT2D eigenvalue weighted by atomic mass is 10.0. The molecule has 1 atom stereocenters. The van der Waals surface area contributed by atoms with Gasteiger partial charge in [-0.3, -0.25) is 0 Å². The molecule has 0 aliphatic heterocycles. The topological polar surface area (TPSA) is 34.1 Å². The highest BCUT2D eigenvalue weighted by Crippen LogP contribution is 2.26. The Balaban J connectivity index is 1.62. The van der Waals surface area contributed by atoms with E-state index in [1.807, 2.05) is 0 Å². The molecule has 0 heterocycles. The minimum absolute atomic E-state index is 0.297. The summed E-state index contributed by atoms with van der Waals surface area (Å²) in [5, 5.41) is 0. The van der Waals surface area contributed by atoms with Crippen molar-refractivity contribution in [2.24, 2.45) is 0 Å². The van der Waals surface area contributed by atoms with E-state index in [1.165, 1.54) is 16.7 Å². The molecule has 0 spiro atoms. The van der Waals surface area contributed by atoms with Crippen molar-refractivity contribution in [1.82, 2.24) is 0 Å². The molecule has 1 aliphatic rings. The van der Waals surface area contributed by atoms with Gasteiger partial charge in [0, 0.05) is 12.8 Å². The first-order valence-corrected chi connectivity index (χ1v) is 10.8. The van der Waals surface area contributed by atoms with E-state index in [1.54, 1.807) is 20.8 Å². The van der Waals surface area contributed by atoms with Gasteiger partial charge in [0.15, 0.2) is 9.84 Å². The van der Waals surface area contributed by atoms with Crippen LogP contribution in [-0.4, -0.2) is 25.1 Å². The first-order chi connectivity index (χ1) is 11.2. The van der Waals surface area contributed by atoms with Gasteiger partial charge in [-0.15, -0.1) is 0 Å². The minimum Gasteiger partial charge on any atom is -0.247 e. The summed E-state index contributed by atoms with van der Waals surface area (Å²) in [4.78, 5) is 0. The van der Waals surface area contributed by atoms with Crippen molar-refractivity contribution >= 4 is 9.84 Å². The van der Waals surface area contributed by atoms with Crippen LogP contribution in [0.25, 0.3) is 0 Å². The molecule has 0 N–H and O–H groups in total. The first kappa shape index (κ1) is 19.4. The van der Waals surface area contributed by atoms with Crippen molar-refractivity contribution in [3.05, 3.63) is 34.9 Å². The van der Waals surface area contributed by atoms with Gasteiger partial charge < -0.3 is 0 Å². The third-order valence-corrected chi connectivity index (χ3v) is 7.66. The Morgan fingerprint density at radius 3 is 2.33 bits per heavy atom. The lowest BCUT2D eigenvalue weighted by Crippen LogP contribution is -2.30. The second-order valence-electron chi connectivity index (χ2n) is 8.06. The zero-order valence-electron chi connectivity index (χ0n) is 15.3. The Morgan fingerprint density at radius 1 is 1.00 bits per heavy atom. The maximum atomic E-state index is 13.4. The second-order valence-corrected chi connectivity index (χ2v) is 10.9. The standard InChI is InChI=1S/C20H31FO2S/c1-20(2,3)24(22,23)12-8-6-4-5-7-9-16-10-11-17-14-19(21)15-18(17)13-16/h10-11,13,19H,4-9,12,14-15H2,1-3H3. The number of alkyl halides is 1.